The van der Waals surface area contributed by atoms with Crippen molar-refractivity contribution in [3.63, 3.8) is 0 Å². The summed E-state index contributed by atoms with van der Waals surface area (Å²) in [4.78, 5) is 12.4. The Balaban J connectivity index is 3.57. The van der Waals surface area contributed by atoms with Crippen LogP contribution >= 0.6 is 0 Å². The predicted octanol–water partition coefficient (Wildman–Crippen LogP) is 11.7. The van der Waals surface area contributed by atoms with Crippen LogP contribution in [0.5, 0.6) is 0 Å². The van der Waals surface area contributed by atoms with E-state index in [1.165, 1.54) is 154 Å². The molecule has 0 aromatic heterocycles. The Morgan fingerprint density at radius 3 is 1.28 bits per heavy atom. The maximum absolute atomic E-state index is 12.4. The van der Waals surface area contributed by atoms with E-state index in [1.54, 1.807) is 0 Å². The van der Waals surface area contributed by atoms with E-state index in [0.29, 0.717) is 12.8 Å². The molecular weight excluding hydrogens is 582 g/mol. The normalized spacial score (nSPS) is 13.7. The number of amides is 1. The lowest BCUT2D eigenvalue weighted by Gasteiger charge is -2.23. The number of carbonyl (C=O) groups is 1. The highest BCUT2D eigenvalue weighted by atomic mass is 16.3. The van der Waals surface area contributed by atoms with E-state index in [9.17, 15) is 20.1 Å². The highest BCUT2D eigenvalue weighted by Gasteiger charge is 2.21. The zero-order valence-electron chi connectivity index (χ0n) is 31.7. The molecule has 280 valence electrons. The van der Waals surface area contributed by atoms with Gasteiger partial charge in [-0.3, -0.25) is 4.79 Å². The molecule has 3 unspecified atom stereocenters. The van der Waals surface area contributed by atoms with Gasteiger partial charge in [-0.2, -0.15) is 0 Å². The molecule has 0 aliphatic carbocycles. The second kappa shape index (κ2) is 37.9. The first-order chi connectivity index (χ1) is 23.0. The lowest BCUT2D eigenvalue weighted by molar-refractivity contribution is -0.125. The zero-order chi connectivity index (χ0) is 34.5. The maximum atomic E-state index is 12.4. The number of aliphatic hydroxyl groups is 3. The second-order valence-corrected chi connectivity index (χ2v) is 14.6. The lowest BCUT2D eigenvalue weighted by Crippen LogP contribution is -2.46. The molecule has 1 amide bonds. The Labute approximate surface area is 293 Å². The van der Waals surface area contributed by atoms with Gasteiger partial charge in [0.05, 0.1) is 31.3 Å². The van der Waals surface area contributed by atoms with E-state index in [-0.39, 0.29) is 18.9 Å². The summed E-state index contributed by atoms with van der Waals surface area (Å²) in [6, 6.07) is -0.659. The van der Waals surface area contributed by atoms with Crippen molar-refractivity contribution >= 4 is 5.91 Å². The lowest BCUT2D eigenvalue weighted by atomic mass is 10.0. The summed E-state index contributed by atoms with van der Waals surface area (Å²) in [6.45, 7) is 4.23. The first kappa shape index (κ1) is 46.1. The standard InChI is InChI=1S/C42H83NO4/c1-3-5-7-9-11-13-15-16-17-18-19-20-21-22-23-24-25-26-28-30-32-34-36-41(46)40(38-44)43-42(47)37-39(45)35-33-31-29-27-14-12-10-8-6-4-2/h12,14,39-41,44-46H,3-11,13,15-38H2,1-2H3,(H,43,47)/b14-12-. The molecule has 0 rings (SSSR count). The number of hydrogen-bond donors (Lipinski definition) is 4. The SMILES string of the molecule is CCCCC/C=C\CCCCCC(O)CC(=O)NC(CO)C(O)CCCCCCCCCCCCCCCCCCCCCCCC. The van der Waals surface area contributed by atoms with Crippen LogP contribution in [-0.4, -0.2) is 46.1 Å². The molecule has 0 aliphatic rings. The summed E-state index contributed by atoms with van der Waals surface area (Å²) in [5.74, 6) is -0.292. The number of rotatable bonds is 38. The largest absolute Gasteiger partial charge is 0.394 e. The van der Waals surface area contributed by atoms with Gasteiger partial charge in [0.2, 0.25) is 5.91 Å². The van der Waals surface area contributed by atoms with E-state index in [2.05, 4.69) is 31.3 Å². The summed E-state index contributed by atoms with van der Waals surface area (Å²) < 4.78 is 0. The molecule has 0 saturated carbocycles. The van der Waals surface area contributed by atoms with Crippen molar-refractivity contribution in [1.82, 2.24) is 5.32 Å². The molecule has 5 heteroatoms. The van der Waals surface area contributed by atoms with Crippen LogP contribution in [0.4, 0.5) is 0 Å². The van der Waals surface area contributed by atoms with E-state index in [4.69, 9.17) is 0 Å². The van der Waals surface area contributed by atoms with Crippen LogP contribution in [0.25, 0.3) is 0 Å². The minimum absolute atomic E-state index is 0.0277. The predicted molar refractivity (Wildman–Crippen MR) is 204 cm³/mol. The molecule has 0 saturated heterocycles. The van der Waals surface area contributed by atoms with Crippen molar-refractivity contribution < 1.29 is 20.1 Å². The number of allylic oxidation sites excluding steroid dienone is 2. The highest BCUT2D eigenvalue weighted by molar-refractivity contribution is 5.76. The van der Waals surface area contributed by atoms with Crippen molar-refractivity contribution in [2.75, 3.05) is 6.61 Å². The molecule has 5 nitrogen and oxygen atoms in total. The van der Waals surface area contributed by atoms with Gasteiger partial charge in [0.1, 0.15) is 0 Å². The molecule has 47 heavy (non-hydrogen) atoms. The Morgan fingerprint density at radius 2 is 0.851 bits per heavy atom. The molecule has 3 atom stereocenters. The minimum Gasteiger partial charge on any atom is -0.394 e. The summed E-state index contributed by atoms with van der Waals surface area (Å²) in [6.07, 6.45) is 43.3. The molecule has 4 N–H and O–H groups in total. The van der Waals surface area contributed by atoms with E-state index in [0.717, 1.165) is 38.5 Å². The van der Waals surface area contributed by atoms with Crippen LogP contribution in [-0.2, 0) is 4.79 Å². The van der Waals surface area contributed by atoms with Crippen molar-refractivity contribution in [2.24, 2.45) is 0 Å². The van der Waals surface area contributed by atoms with E-state index in [1.807, 2.05) is 0 Å². The van der Waals surface area contributed by atoms with Gasteiger partial charge < -0.3 is 20.6 Å². The van der Waals surface area contributed by atoms with Gasteiger partial charge in [-0.05, 0) is 38.5 Å². The molecule has 0 spiro atoms. The van der Waals surface area contributed by atoms with E-state index < -0.39 is 18.2 Å². The molecule has 0 aromatic rings. The van der Waals surface area contributed by atoms with Crippen molar-refractivity contribution in [3.05, 3.63) is 12.2 Å². The summed E-state index contributed by atoms with van der Waals surface area (Å²) >= 11 is 0. The summed E-state index contributed by atoms with van der Waals surface area (Å²) in [7, 11) is 0. The minimum atomic E-state index is -0.749. The molecule has 0 fully saturated rings. The van der Waals surface area contributed by atoms with Crippen molar-refractivity contribution in [2.45, 2.75) is 244 Å². The van der Waals surface area contributed by atoms with Gasteiger partial charge >= 0.3 is 0 Å². The Hall–Kier alpha value is -0.910. The van der Waals surface area contributed by atoms with Crippen LogP contribution < -0.4 is 5.32 Å². The fourth-order valence-corrected chi connectivity index (χ4v) is 6.58. The van der Waals surface area contributed by atoms with Crippen LogP contribution in [0.3, 0.4) is 0 Å². The number of unbranched alkanes of at least 4 members (excludes halogenated alkanes) is 27. The van der Waals surface area contributed by atoms with Crippen molar-refractivity contribution in [3.8, 4) is 0 Å². The average molecular weight is 666 g/mol. The van der Waals surface area contributed by atoms with Crippen LogP contribution in [0.15, 0.2) is 12.2 Å². The van der Waals surface area contributed by atoms with E-state index >= 15 is 0 Å². The van der Waals surface area contributed by atoms with Gasteiger partial charge in [0.15, 0.2) is 0 Å². The molecule has 0 aromatic carbocycles. The third-order valence-corrected chi connectivity index (χ3v) is 9.83. The van der Waals surface area contributed by atoms with Gasteiger partial charge in [-0.25, -0.2) is 0 Å². The Morgan fingerprint density at radius 1 is 0.511 bits per heavy atom. The third kappa shape index (κ3) is 34.7. The molecule has 0 radical (unpaired) electrons. The van der Waals surface area contributed by atoms with Crippen LogP contribution in [0.2, 0.25) is 0 Å². The van der Waals surface area contributed by atoms with Gasteiger partial charge in [-0.15, -0.1) is 0 Å². The fourth-order valence-electron chi connectivity index (χ4n) is 6.58. The molecule has 0 heterocycles. The number of carbonyl (C=O) groups excluding carboxylic acids is 1. The highest BCUT2D eigenvalue weighted by Crippen LogP contribution is 2.16. The zero-order valence-corrected chi connectivity index (χ0v) is 31.7. The van der Waals surface area contributed by atoms with Gasteiger partial charge in [-0.1, -0.05) is 193 Å². The first-order valence-corrected chi connectivity index (χ1v) is 21.0. The third-order valence-electron chi connectivity index (χ3n) is 9.83. The van der Waals surface area contributed by atoms with Crippen LogP contribution in [0, 0.1) is 0 Å². The van der Waals surface area contributed by atoms with Gasteiger partial charge in [0, 0.05) is 0 Å². The van der Waals surface area contributed by atoms with Gasteiger partial charge in [0.25, 0.3) is 0 Å². The Kier molecular flexibility index (Phi) is 37.2. The number of nitrogens with one attached hydrogen (secondary N) is 1. The second-order valence-electron chi connectivity index (χ2n) is 14.6. The molecule has 0 aliphatic heterocycles. The average Bonchev–Trinajstić information content (AvgIpc) is 3.06. The molecular formula is C42H83NO4. The molecule has 0 bridgehead atoms. The summed E-state index contributed by atoms with van der Waals surface area (Å²) in [5.41, 5.74) is 0. The summed E-state index contributed by atoms with van der Waals surface area (Å²) in [5, 5.41) is 33.2. The quantitative estimate of drug-likeness (QED) is 0.0390. The Bertz CT molecular complexity index is 655. The fraction of sp³-hybridized carbons (Fsp3) is 0.929. The first-order valence-electron chi connectivity index (χ1n) is 21.0. The smallest absolute Gasteiger partial charge is 0.222 e. The topological polar surface area (TPSA) is 89.8 Å². The monoisotopic (exact) mass is 666 g/mol. The number of aliphatic hydroxyl groups excluding tert-OH is 3. The number of hydrogen-bond acceptors (Lipinski definition) is 4. The maximum Gasteiger partial charge on any atom is 0.222 e. The van der Waals surface area contributed by atoms with Crippen molar-refractivity contribution in [1.29, 1.82) is 0 Å². The van der Waals surface area contributed by atoms with Crippen LogP contribution in [0.1, 0.15) is 226 Å².